The van der Waals surface area contributed by atoms with Crippen LogP contribution in [0.25, 0.3) is 0 Å². The standard InChI is InChI=1S/C18H29NO/c1-4-20-17-10-15(11-17)12-18(19)16-7-5-6-14(9-16)8-13(2)3/h5-7,9,13,15,17-18H,4,8,10-12,19H2,1-3H3. The average Bonchev–Trinajstić information content (AvgIpc) is 2.35. The smallest absolute Gasteiger partial charge is 0.0580 e. The first kappa shape index (κ1) is 15.5. The summed E-state index contributed by atoms with van der Waals surface area (Å²) >= 11 is 0. The Morgan fingerprint density at radius 2 is 2.05 bits per heavy atom. The van der Waals surface area contributed by atoms with E-state index in [-0.39, 0.29) is 6.04 Å². The predicted octanol–water partition coefficient (Wildman–Crippen LogP) is 4.09. The summed E-state index contributed by atoms with van der Waals surface area (Å²) in [7, 11) is 0. The molecule has 0 bridgehead atoms. The Bertz CT molecular complexity index is 410. The molecule has 1 aliphatic rings. The van der Waals surface area contributed by atoms with Crippen molar-refractivity contribution in [2.75, 3.05) is 6.61 Å². The van der Waals surface area contributed by atoms with Crippen LogP contribution in [0, 0.1) is 11.8 Å². The number of nitrogens with two attached hydrogens (primary N) is 1. The van der Waals surface area contributed by atoms with Crippen LogP contribution in [-0.2, 0) is 11.2 Å². The lowest BCUT2D eigenvalue weighted by molar-refractivity contribution is -0.0282. The van der Waals surface area contributed by atoms with Crippen molar-refractivity contribution in [2.24, 2.45) is 17.6 Å². The molecule has 0 spiro atoms. The Morgan fingerprint density at radius 3 is 2.70 bits per heavy atom. The lowest BCUT2D eigenvalue weighted by Crippen LogP contribution is -2.33. The Labute approximate surface area is 123 Å². The summed E-state index contributed by atoms with van der Waals surface area (Å²) in [5.74, 6) is 1.44. The molecule has 2 rings (SSSR count). The summed E-state index contributed by atoms with van der Waals surface area (Å²) < 4.78 is 5.62. The van der Waals surface area contributed by atoms with Crippen molar-refractivity contribution in [1.82, 2.24) is 0 Å². The molecular formula is C18H29NO. The van der Waals surface area contributed by atoms with Gasteiger partial charge in [-0.05, 0) is 55.6 Å². The van der Waals surface area contributed by atoms with E-state index in [1.54, 1.807) is 0 Å². The van der Waals surface area contributed by atoms with Gasteiger partial charge in [-0.3, -0.25) is 0 Å². The van der Waals surface area contributed by atoms with Crippen LogP contribution in [-0.4, -0.2) is 12.7 Å². The van der Waals surface area contributed by atoms with Gasteiger partial charge in [-0.2, -0.15) is 0 Å². The first-order valence-corrected chi connectivity index (χ1v) is 8.04. The highest BCUT2D eigenvalue weighted by molar-refractivity contribution is 5.26. The first-order chi connectivity index (χ1) is 9.58. The molecule has 1 aromatic carbocycles. The predicted molar refractivity (Wildman–Crippen MR) is 84.7 cm³/mol. The number of rotatable bonds is 7. The van der Waals surface area contributed by atoms with Gasteiger partial charge in [0.15, 0.2) is 0 Å². The molecule has 1 atom stereocenters. The van der Waals surface area contributed by atoms with Crippen LogP contribution in [0.3, 0.4) is 0 Å². The second-order valence-electron chi connectivity index (χ2n) is 6.60. The third-order valence-electron chi connectivity index (χ3n) is 4.21. The van der Waals surface area contributed by atoms with Gasteiger partial charge in [0.05, 0.1) is 6.10 Å². The highest BCUT2D eigenvalue weighted by Crippen LogP contribution is 2.36. The summed E-state index contributed by atoms with van der Waals surface area (Å²) in [6, 6.07) is 9.01. The zero-order chi connectivity index (χ0) is 14.5. The van der Waals surface area contributed by atoms with Gasteiger partial charge in [0, 0.05) is 12.6 Å². The third kappa shape index (κ3) is 4.32. The molecule has 0 aliphatic heterocycles. The molecule has 1 aliphatic carbocycles. The highest BCUT2D eigenvalue weighted by Gasteiger charge is 2.30. The fourth-order valence-electron chi connectivity index (χ4n) is 3.16. The van der Waals surface area contributed by atoms with E-state index in [4.69, 9.17) is 10.5 Å². The van der Waals surface area contributed by atoms with Gasteiger partial charge >= 0.3 is 0 Å². The summed E-state index contributed by atoms with van der Waals surface area (Å²) in [6.07, 6.45) is 5.09. The Hall–Kier alpha value is -0.860. The molecule has 1 saturated carbocycles. The van der Waals surface area contributed by atoms with Gasteiger partial charge < -0.3 is 10.5 Å². The van der Waals surface area contributed by atoms with Gasteiger partial charge in [-0.1, -0.05) is 38.1 Å². The lowest BCUT2D eigenvalue weighted by atomic mass is 9.77. The molecule has 2 heteroatoms. The van der Waals surface area contributed by atoms with E-state index in [1.807, 2.05) is 0 Å². The number of benzene rings is 1. The molecule has 2 N–H and O–H groups in total. The van der Waals surface area contributed by atoms with Crippen molar-refractivity contribution >= 4 is 0 Å². The van der Waals surface area contributed by atoms with E-state index in [1.165, 1.54) is 24.0 Å². The van der Waals surface area contributed by atoms with Gasteiger partial charge in [0.25, 0.3) is 0 Å². The van der Waals surface area contributed by atoms with Gasteiger partial charge in [0.1, 0.15) is 0 Å². The van der Waals surface area contributed by atoms with E-state index in [2.05, 4.69) is 45.0 Å². The summed E-state index contributed by atoms with van der Waals surface area (Å²) in [4.78, 5) is 0. The fourth-order valence-corrected chi connectivity index (χ4v) is 3.16. The third-order valence-corrected chi connectivity index (χ3v) is 4.21. The molecule has 20 heavy (non-hydrogen) atoms. The molecular weight excluding hydrogens is 246 g/mol. The van der Waals surface area contributed by atoms with Crippen LogP contribution in [0.5, 0.6) is 0 Å². The molecule has 2 nitrogen and oxygen atoms in total. The fraction of sp³-hybridized carbons (Fsp3) is 0.667. The van der Waals surface area contributed by atoms with Crippen LogP contribution in [0.15, 0.2) is 24.3 Å². The van der Waals surface area contributed by atoms with E-state index in [0.29, 0.717) is 12.0 Å². The average molecular weight is 275 g/mol. The minimum Gasteiger partial charge on any atom is -0.378 e. The number of ether oxygens (including phenoxy) is 1. The largest absolute Gasteiger partial charge is 0.378 e. The molecule has 1 unspecified atom stereocenters. The minimum absolute atomic E-state index is 0.176. The van der Waals surface area contributed by atoms with Gasteiger partial charge in [-0.15, -0.1) is 0 Å². The van der Waals surface area contributed by atoms with Gasteiger partial charge in [0.2, 0.25) is 0 Å². The van der Waals surface area contributed by atoms with Crippen LogP contribution in [0.2, 0.25) is 0 Å². The maximum absolute atomic E-state index is 6.38. The van der Waals surface area contributed by atoms with Crippen molar-refractivity contribution in [3.63, 3.8) is 0 Å². The van der Waals surface area contributed by atoms with Gasteiger partial charge in [-0.25, -0.2) is 0 Å². The van der Waals surface area contributed by atoms with Crippen LogP contribution >= 0.6 is 0 Å². The van der Waals surface area contributed by atoms with Crippen LogP contribution in [0.1, 0.15) is 57.2 Å². The Kier molecular flexibility index (Phi) is 5.62. The normalized spacial score (nSPS) is 23.6. The summed E-state index contributed by atoms with van der Waals surface area (Å²) in [5.41, 5.74) is 9.09. The summed E-state index contributed by atoms with van der Waals surface area (Å²) in [6.45, 7) is 7.42. The van der Waals surface area contributed by atoms with E-state index in [9.17, 15) is 0 Å². The van der Waals surface area contributed by atoms with Crippen molar-refractivity contribution in [3.05, 3.63) is 35.4 Å². The molecule has 0 radical (unpaired) electrons. The van der Waals surface area contributed by atoms with Crippen molar-refractivity contribution < 1.29 is 4.74 Å². The molecule has 0 saturated heterocycles. The number of hydrogen-bond donors (Lipinski definition) is 1. The van der Waals surface area contributed by atoms with E-state index >= 15 is 0 Å². The van der Waals surface area contributed by atoms with E-state index < -0.39 is 0 Å². The topological polar surface area (TPSA) is 35.2 Å². The SMILES string of the molecule is CCOC1CC(CC(N)c2cccc(CC(C)C)c2)C1. The Morgan fingerprint density at radius 1 is 1.30 bits per heavy atom. The quantitative estimate of drug-likeness (QED) is 0.813. The lowest BCUT2D eigenvalue weighted by Gasteiger charge is -2.36. The monoisotopic (exact) mass is 275 g/mol. The summed E-state index contributed by atoms with van der Waals surface area (Å²) in [5, 5.41) is 0. The van der Waals surface area contributed by atoms with Crippen LogP contribution in [0.4, 0.5) is 0 Å². The van der Waals surface area contributed by atoms with Crippen molar-refractivity contribution in [1.29, 1.82) is 0 Å². The number of hydrogen-bond acceptors (Lipinski definition) is 2. The van der Waals surface area contributed by atoms with Crippen molar-refractivity contribution in [3.8, 4) is 0 Å². The molecule has 1 aromatic rings. The maximum atomic E-state index is 6.38. The van der Waals surface area contributed by atoms with Crippen LogP contribution < -0.4 is 5.73 Å². The molecule has 0 amide bonds. The molecule has 0 aromatic heterocycles. The molecule has 0 heterocycles. The second kappa shape index (κ2) is 7.24. The van der Waals surface area contributed by atoms with E-state index in [0.717, 1.165) is 25.4 Å². The Balaban J connectivity index is 1.85. The maximum Gasteiger partial charge on any atom is 0.0580 e. The zero-order valence-corrected chi connectivity index (χ0v) is 13.1. The minimum atomic E-state index is 0.176. The highest BCUT2D eigenvalue weighted by atomic mass is 16.5. The second-order valence-corrected chi connectivity index (χ2v) is 6.60. The molecule has 1 fully saturated rings. The first-order valence-electron chi connectivity index (χ1n) is 8.04. The van der Waals surface area contributed by atoms with Crippen molar-refractivity contribution in [2.45, 2.75) is 58.6 Å². The zero-order valence-electron chi connectivity index (χ0n) is 13.1. The molecule has 112 valence electrons.